The van der Waals surface area contributed by atoms with Crippen LogP contribution < -0.4 is 0 Å². The van der Waals surface area contributed by atoms with Gasteiger partial charge in [-0.05, 0) is 48.7 Å². The van der Waals surface area contributed by atoms with Gasteiger partial charge in [0, 0.05) is 27.7 Å². The third-order valence-electron chi connectivity index (χ3n) is 3.36. The number of benzene rings is 2. The number of thioether (sulfide) groups is 1. The molecule has 0 aliphatic rings. The highest BCUT2D eigenvalue weighted by Crippen LogP contribution is 2.22. The number of hydrogen-bond acceptors (Lipinski definition) is 1. The zero-order valence-electron chi connectivity index (χ0n) is 11.0. The fourth-order valence-electron chi connectivity index (χ4n) is 2.27. The second-order valence-corrected chi connectivity index (χ2v) is 5.93. The van der Waals surface area contributed by atoms with Crippen LogP contribution in [0.1, 0.15) is 11.1 Å². The number of aryl methyl sites for hydroxylation is 2. The monoisotopic (exact) mass is 267 g/mol. The molecule has 3 rings (SSSR count). The summed E-state index contributed by atoms with van der Waals surface area (Å²) in [5.74, 6) is 1.12. The van der Waals surface area contributed by atoms with Crippen molar-refractivity contribution in [2.24, 2.45) is 0 Å². The smallest absolute Gasteiger partial charge is 0.0456 e. The summed E-state index contributed by atoms with van der Waals surface area (Å²) in [6.45, 7) is 2.15. The molecule has 0 unspecified atom stereocenters. The summed E-state index contributed by atoms with van der Waals surface area (Å²) in [5.41, 5.74) is 3.98. The van der Waals surface area contributed by atoms with E-state index >= 15 is 0 Å². The van der Waals surface area contributed by atoms with Crippen LogP contribution >= 0.6 is 11.8 Å². The van der Waals surface area contributed by atoms with Crippen molar-refractivity contribution in [3.8, 4) is 0 Å². The lowest BCUT2D eigenvalue weighted by atomic mass is 10.1. The van der Waals surface area contributed by atoms with Crippen molar-refractivity contribution in [1.29, 1.82) is 0 Å². The highest BCUT2D eigenvalue weighted by Gasteiger charge is 2.01. The number of fused-ring (bicyclic) bond motifs is 1. The minimum atomic E-state index is 1.11. The molecule has 0 amide bonds. The Morgan fingerprint density at radius 3 is 2.74 bits per heavy atom. The molecular formula is C17H17NS. The molecule has 0 aliphatic carbocycles. The summed E-state index contributed by atoms with van der Waals surface area (Å²) >= 11 is 1.92. The van der Waals surface area contributed by atoms with Gasteiger partial charge in [0.25, 0.3) is 0 Å². The molecule has 0 saturated heterocycles. The van der Waals surface area contributed by atoms with Gasteiger partial charge in [0.2, 0.25) is 0 Å². The van der Waals surface area contributed by atoms with Crippen LogP contribution in [0.4, 0.5) is 0 Å². The standard InChI is InChI=1S/C17H17NS/c1-13-12-18-17-8-7-14(11-16(13)17)9-10-19-15-5-3-2-4-6-15/h2-8,11-12,18H,9-10H2,1H3. The van der Waals surface area contributed by atoms with Crippen LogP contribution in [-0.2, 0) is 6.42 Å². The van der Waals surface area contributed by atoms with Crippen molar-refractivity contribution in [3.63, 3.8) is 0 Å². The molecule has 19 heavy (non-hydrogen) atoms. The second-order valence-electron chi connectivity index (χ2n) is 4.76. The molecule has 1 heterocycles. The van der Waals surface area contributed by atoms with Gasteiger partial charge in [-0.3, -0.25) is 0 Å². The molecule has 0 aliphatic heterocycles. The summed E-state index contributed by atoms with van der Waals surface area (Å²) in [4.78, 5) is 4.64. The Hall–Kier alpha value is -1.67. The lowest BCUT2D eigenvalue weighted by Gasteiger charge is -2.03. The summed E-state index contributed by atoms with van der Waals surface area (Å²) in [6.07, 6.45) is 3.19. The number of aromatic amines is 1. The van der Waals surface area contributed by atoms with E-state index in [1.54, 1.807) is 0 Å². The molecule has 3 aromatic rings. The zero-order chi connectivity index (χ0) is 13.1. The Kier molecular flexibility index (Phi) is 3.60. The highest BCUT2D eigenvalue weighted by atomic mass is 32.2. The second kappa shape index (κ2) is 5.54. The van der Waals surface area contributed by atoms with Gasteiger partial charge in [-0.25, -0.2) is 0 Å². The van der Waals surface area contributed by atoms with Gasteiger partial charge in [0.15, 0.2) is 0 Å². The first-order valence-electron chi connectivity index (χ1n) is 6.57. The van der Waals surface area contributed by atoms with Crippen molar-refractivity contribution in [2.75, 3.05) is 5.75 Å². The average molecular weight is 267 g/mol. The summed E-state index contributed by atoms with van der Waals surface area (Å²) in [7, 11) is 0. The average Bonchev–Trinajstić information content (AvgIpc) is 2.82. The molecule has 0 radical (unpaired) electrons. The SMILES string of the molecule is Cc1c[nH]c2ccc(CCSc3ccccc3)cc12. The van der Waals surface area contributed by atoms with Crippen LogP contribution in [0.3, 0.4) is 0 Å². The van der Waals surface area contributed by atoms with Gasteiger partial charge in [0.05, 0.1) is 0 Å². The topological polar surface area (TPSA) is 15.8 Å². The third kappa shape index (κ3) is 2.85. The van der Waals surface area contributed by atoms with Gasteiger partial charge < -0.3 is 4.98 Å². The molecule has 0 spiro atoms. The van der Waals surface area contributed by atoms with Gasteiger partial charge >= 0.3 is 0 Å². The van der Waals surface area contributed by atoms with E-state index in [-0.39, 0.29) is 0 Å². The number of nitrogens with one attached hydrogen (secondary N) is 1. The van der Waals surface area contributed by atoms with E-state index in [0.717, 1.165) is 12.2 Å². The Bertz CT molecular complexity index is 670. The Balaban J connectivity index is 1.67. The maximum absolute atomic E-state index is 3.29. The minimum absolute atomic E-state index is 1.11. The first-order chi connectivity index (χ1) is 9.33. The van der Waals surface area contributed by atoms with E-state index in [2.05, 4.69) is 66.6 Å². The Morgan fingerprint density at radius 1 is 1.05 bits per heavy atom. The van der Waals surface area contributed by atoms with Crippen LogP contribution in [0.15, 0.2) is 59.6 Å². The first-order valence-corrected chi connectivity index (χ1v) is 7.56. The van der Waals surface area contributed by atoms with Crippen molar-refractivity contribution in [1.82, 2.24) is 4.98 Å². The normalized spacial score (nSPS) is 11.0. The van der Waals surface area contributed by atoms with Crippen molar-refractivity contribution in [2.45, 2.75) is 18.2 Å². The largest absolute Gasteiger partial charge is 0.361 e. The highest BCUT2D eigenvalue weighted by molar-refractivity contribution is 7.99. The Morgan fingerprint density at radius 2 is 1.89 bits per heavy atom. The fraction of sp³-hybridized carbons (Fsp3) is 0.176. The van der Waals surface area contributed by atoms with Gasteiger partial charge in [-0.2, -0.15) is 0 Å². The molecule has 0 bridgehead atoms. The van der Waals surface area contributed by atoms with E-state index in [0.29, 0.717) is 0 Å². The zero-order valence-corrected chi connectivity index (χ0v) is 11.8. The number of rotatable bonds is 4. The van der Waals surface area contributed by atoms with Crippen LogP contribution in [0.5, 0.6) is 0 Å². The molecular weight excluding hydrogens is 250 g/mol. The van der Waals surface area contributed by atoms with Crippen LogP contribution in [-0.4, -0.2) is 10.7 Å². The molecule has 96 valence electrons. The van der Waals surface area contributed by atoms with Gasteiger partial charge in [-0.1, -0.05) is 24.3 Å². The van der Waals surface area contributed by atoms with E-state index in [4.69, 9.17) is 0 Å². The van der Waals surface area contributed by atoms with Crippen LogP contribution in [0.2, 0.25) is 0 Å². The number of H-pyrrole nitrogens is 1. The lowest BCUT2D eigenvalue weighted by Crippen LogP contribution is -1.88. The van der Waals surface area contributed by atoms with Gasteiger partial charge in [-0.15, -0.1) is 11.8 Å². The summed E-state index contributed by atoms with van der Waals surface area (Å²) < 4.78 is 0. The molecule has 2 heteroatoms. The predicted molar refractivity (Wildman–Crippen MR) is 83.9 cm³/mol. The van der Waals surface area contributed by atoms with E-state index < -0.39 is 0 Å². The van der Waals surface area contributed by atoms with Crippen LogP contribution in [0.25, 0.3) is 10.9 Å². The number of aromatic nitrogens is 1. The van der Waals surface area contributed by atoms with Crippen molar-refractivity contribution >= 4 is 22.7 Å². The van der Waals surface area contributed by atoms with Crippen LogP contribution in [0, 0.1) is 6.92 Å². The molecule has 1 N–H and O–H groups in total. The van der Waals surface area contributed by atoms with Crippen molar-refractivity contribution < 1.29 is 0 Å². The Labute approximate surface area is 118 Å². The maximum Gasteiger partial charge on any atom is 0.0456 e. The van der Waals surface area contributed by atoms with E-state index in [9.17, 15) is 0 Å². The number of hydrogen-bond donors (Lipinski definition) is 1. The molecule has 0 saturated carbocycles. The molecule has 0 fully saturated rings. The maximum atomic E-state index is 3.29. The molecule has 1 aromatic heterocycles. The summed E-state index contributed by atoms with van der Waals surface area (Å²) in [5, 5.41) is 1.35. The van der Waals surface area contributed by atoms with Gasteiger partial charge in [0.1, 0.15) is 0 Å². The molecule has 0 atom stereocenters. The predicted octanol–water partition coefficient (Wildman–Crippen LogP) is 4.81. The van der Waals surface area contributed by atoms with Crippen molar-refractivity contribution in [3.05, 3.63) is 65.9 Å². The fourth-order valence-corrected chi connectivity index (χ4v) is 3.19. The molecule has 1 nitrogen and oxygen atoms in total. The van der Waals surface area contributed by atoms with E-state index in [1.165, 1.54) is 26.9 Å². The third-order valence-corrected chi connectivity index (χ3v) is 4.37. The molecule has 2 aromatic carbocycles. The van der Waals surface area contributed by atoms with E-state index in [1.807, 2.05) is 11.8 Å². The summed E-state index contributed by atoms with van der Waals surface area (Å²) in [6, 6.07) is 17.3. The first kappa shape index (κ1) is 12.4. The quantitative estimate of drug-likeness (QED) is 0.671. The minimum Gasteiger partial charge on any atom is -0.361 e. The lowest BCUT2D eigenvalue weighted by molar-refractivity contribution is 1.16.